The van der Waals surface area contributed by atoms with Crippen molar-refractivity contribution in [2.75, 3.05) is 13.3 Å². The Morgan fingerprint density at radius 3 is 2.14 bits per heavy atom. The Labute approximate surface area is 123 Å². The van der Waals surface area contributed by atoms with Gasteiger partial charge in [-0.15, -0.1) is 0 Å². The van der Waals surface area contributed by atoms with Gasteiger partial charge in [0.2, 0.25) is 0 Å². The molecule has 0 aliphatic carbocycles. The van der Waals surface area contributed by atoms with Gasteiger partial charge < -0.3 is 15.8 Å². The fourth-order valence-electron chi connectivity index (χ4n) is 1.91. The summed E-state index contributed by atoms with van der Waals surface area (Å²) in [6.45, 7) is 0.125. The molecule has 2 rings (SSSR count). The van der Waals surface area contributed by atoms with E-state index in [4.69, 9.17) is 15.9 Å². The average Bonchev–Trinajstić information content (AvgIpc) is 2.52. The summed E-state index contributed by atoms with van der Waals surface area (Å²) in [5.41, 5.74) is 8.45. The van der Waals surface area contributed by atoms with Gasteiger partial charge in [-0.05, 0) is 28.8 Å². The van der Waals surface area contributed by atoms with Crippen molar-refractivity contribution < 1.29 is 9.13 Å². The van der Waals surface area contributed by atoms with Crippen molar-refractivity contribution in [2.24, 2.45) is 5.73 Å². The maximum absolute atomic E-state index is 12.0. The molecule has 2 aromatic rings. The van der Waals surface area contributed by atoms with Crippen LogP contribution in [0.2, 0.25) is 0 Å². The van der Waals surface area contributed by atoms with Gasteiger partial charge in [0.15, 0.2) is 5.96 Å². The van der Waals surface area contributed by atoms with Crippen LogP contribution in [-0.4, -0.2) is 19.2 Å². The van der Waals surface area contributed by atoms with Gasteiger partial charge in [-0.1, -0.05) is 36.4 Å². The number of halogens is 1. The molecule has 0 atom stereocenters. The van der Waals surface area contributed by atoms with Crippen LogP contribution in [0.4, 0.5) is 4.39 Å². The second kappa shape index (κ2) is 7.28. The Kier molecular flexibility index (Phi) is 5.15. The zero-order chi connectivity index (χ0) is 15.1. The highest BCUT2D eigenvalue weighted by Gasteiger charge is 2.00. The van der Waals surface area contributed by atoms with Gasteiger partial charge >= 0.3 is 0 Å². The maximum atomic E-state index is 12.0. The molecule has 0 radical (unpaired) electrons. The zero-order valence-electron chi connectivity index (χ0n) is 11.6. The summed E-state index contributed by atoms with van der Waals surface area (Å²) < 4.78 is 17.2. The first-order chi connectivity index (χ1) is 10.2. The molecule has 0 bridgehead atoms. The first kappa shape index (κ1) is 14.8. The Morgan fingerprint density at radius 1 is 1.05 bits per heavy atom. The van der Waals surface area contributed by atoms with Gasteiger partial charge in [0.05, 0.1) is 0 Å². The number of nitrogens with two attached hydrogens (primary N) is 1. The van der Waals surface area contributed by atoms with E-state index in [1.54, 1.807) is 0 Å². The van der Waals surface area contributed by atoms with Crippen LogP contribution in [0.3, 0.4) is 0 Å². The molecule has 0 fully saturated rings. The monoisotopic (exact) mass is 287 g/mol. The Hall–Kier alpha value is -2.56. The molecule has 0 aliphatic heterocycles. The molecule has 0 spiro atoms. The first-order valence-electron chi connectivity index (χ1n) is 6.65. The van der Waals surface area contributed by atoms with E-state index in [0.29, 0.717) is 12.3 Å². The minimum absolute atomic E-state index is 0.0389. The highest BCUT2D eigenvalue weighted by molar-refractivity contribution is 5.74. The summed E-state index contributed by atoms with van der Waals surface area (Å²) in [4.78, 5) is 0. The lowest BCUT2D eigenvalue weighted by Crippen LogP contribution is -2.29. The molecule has 0 saturated carbocycles. The molecule has 0 saturated heterocycles. The molecule has 0 aromatic heterocycles. The van der Waals surface area contributed by atoms with E-state index in [2.05, 4.69) is 5.32 Å². The van der Waals surface area contributed by atoms with Crippen LogP contribution >= 0.6 is 0 Å². The predicted octanol–water partition coefficient (Wildman–Crippen LogP) is 2.68. The summed E-state index contributed by atoms with van der Waals surface area (Å²) in [6, 6.07) is 15.5. The van der Waals surface area contributed by atoms with Crippen LogP contribution in [0.1, 0.15) is 5.56 Å². The van der Waals surface area contributed by atoms with E-state index in [1.165, 1.54) is 0 Å². The molecule has 0 heterocycles. The standard InChI is InChI=1S/C16H18FN3O/c17-9-10-21-15-7-5-14(6-8-15)13-3-1-12(2-4-13)11-20-16(18)19/h1-8H,9-11H2,(H4,18,19,20). The minimum atomic E-state index is -0.489. The highest BCUT2D eigenvalue weighted by Crippen LogP contribution is 2.22. The number of guanidine groups is 1. The van der Waals surface area contributed by atoms with Gasteiger partial charge in [-0.3, -0.25) is 5.41 Å². The third-order valence-electron chi connectivity index (χ3n) is 2.97. The lowest BCUT2D eigenvalue weighted by Gasteiger charge is -2.07. The third kappa shape index (κ3) is 4.49. The maximum Gasteiger partial charge on any atom is 0.185 e. The van der Waals surface area contributed by atoms with E-state index >= 15 is 0 Å². The van der Waals surface area contributed by atoms with E-state index in [0.717, 1.165) is 16.7 Å². The van der Waals surface area contributed by atoms with Crippen molar-refractivity contribution in [1.29, 1.82) is 5.41 Å². The van der Waals surface area contributed by atoms with Crippen LogP contribution in [0.25, 0.3) is 11.1 Å². The number of rotatable bonds is 6. The molecule has 0 amide bonds. The predicted molar refractivity (Wildman–Crippen MR) is 82.1 cm³/mol. The summed E-state index contributed by atoms with van der Waals surface area (Å²) in [5.74, 6) is 0.627. The molecule has 0 unspecified atom stereocenters. The second-order valence-corrected chi connectivity index (χ2v) is 4.53. The topological polar surface area (TPSA) is 71.1 Å². The third-order valence-corrected chi connectivity index (χ3v) is 2.97. The number of benzene rings is 2. The van der Waals surface area contributed by atoms with Gasteiger partial charge in [0.25, 0.3) is 0 Å². The molecule has 2 aromatic carbocycles. The molecule has 5 heteroatoms. The second-order valence-electron chi connectivity index (χ2n) is 4.53. The van der Waals surface area contributed by atoms with Crippen LogP contribution in [0.5, 0.6) is 5.75 Å². The number of alkyl halides is 1. The molecule has 4 N–H and O–H groups in total. The Balaban J connectivity index is 2.02. The first-order valence-corrected chi connectivity index (χ1v) is 6.65. The average molecular weight is 287 g/mol. The van der Waals surface area contributed by atoms with E-state index in [9.17, 15) is 4.39 Å². The number of hydrogen-bond acceptors (Lipinski definition) is 2. The van der Waals surface area contributed by atoms with Gasteiger partial charge in [-0.2, -0.15) is 0 Å². The van der Waals surface area contributed by atoms with Crippen LogP contribution in [-0.2, 0) is 6.54 Å². The fraction of sp³-hybridized carbons (Fsp3) is 0.188. The SMILES string of the molecule is N=C(N)NCc1ccc(-c2ccc(OCCF)cc2)cc1. The van der Waals surface area contributed by atoms with Crippen molar-refractivity contribution in [3.63, 3.8) is 0 Å². The van der Waals surface area contributed by atoms with E-state index in [1.807, 2.05) is 48.5 Å². The van der Waals surface area contributed by atoms with Gasteiger partial charge in [-0.25, -0.2) is 4.39 Å². The van der Waals surface area contributed by atoms with Crippen molar-refractivity contribution in [1.82, 2.24) is 5.32 Å². The smallest absolute Gasteiger partial charge is 0.185 e. The number of hydrogen-bond donors (Lipinski definition) is 3. The minimum Gasteiger partial charge on any atom is -0.491 e. The number of ether oxygens (including phenoxy) is 1. The Morgan fingerprint density at radius 2 is 1.62 bits per heavy atom. The quantitative estimate of drug-likeness (QED) is 0.565. The highest BCUT2D eigenvalue weighted by atomic mass is 19.1. The van der Waals surface area contributed by atoms with Crippen molar-refractivity contribution in [2.45, 2.75) is 6.54 Å². The molecular formula is C16H18FN3O. The lowest BCUT2D eigenvalue weighted by atomic mass is 10.0. The molecule has 0 aliphatic rings. The summed E-state index contributed by atoms with van der Waals surface area (Å²) in [7, 11) is 0. The molecule has 110 valence electrons. The van der Waals surface area contributed by atoms with Crippen LogP contribution in [0.15, 0.2) is 48.5 Å². The fourth-order valence-corrected chi connectivity index (χ4v) is 1.91. The van der Waals surface area contributed by atoms with E-state index < -0.39 is 6.67 Å². The molecule has 4 nitrogen and oxygen atoms in total. The molecule has 21 heavy (non-hydrogen) atoms. The lowest BCUT2D eigenvalue weighted by molar-refractivity contribution is 0.273. The Bertz CT molecular complexity index is 581. The summed E-state index contributed by atoms with van der Waals surface area (Å²) in [6.07, 6.45) is 0. The number of nitrogens with one attached hydrogen (secondary N) is 2. The van der Waals surface area contributed by atoms with Gasteiger partial charge in [0, 0.05) is 6.54 Å². The summed E-state index contributed by atoms with van der Waals surface area (Å²) in [5, 5.41) is 9.88. The van der Waals surface area contributed by atoms with Crippen LogP contribution in [0, 0.1) is 5.41 Å². The largest absolute Gasteiger partial charge is 0.491 e. The molecular weight excluding hydrogens is 269 g/mol. The van der Waals surface area contributed by atoms with Crippen molar-refractivity contribution in [3.05, 3.63) is 54.1 Å². The normalized spacial score (nSPS) is 10.1. The van der Waals surface area contributed by atoms with Gasteiger partial charge in [0.1, 0.15) is 19.0 Å². The van der Waals surface area contributed by atoms with Crippen LogP contribution < -0.4 is 15.8 Å². The van der Waals surface area contributed by atoms with Crippen molar-refractivity contribution in [3.8, 4) is 16.9 Å². The zero-order valence-corrected chi connectivity index (χ0v) is 11.6. The summed E-state index contributed by atoms with van der Waals surface area (Å²) >= 11 is 0. The van der Waals surface area contributed by atoms with E-state index in [-0.39, 0.29) is 12.6 Å². The van der Waals surface area contributed by atoms with Crippen molar-refractivity contribution >= 4 is 5.96 Å².